The van der Waals surface area contributed by atoms with Gasteiger partial charge in [0.05, 0.1) is 0 Å². The average Bonchev–Trinajstić information content (AvgIpc) is 3.18. The molecule has 0 bridgehead atoms. The Morgan fingerprint density at radius 2 is 2.08 bits per heavy atom. The summed E-state index contributed by atoms with van der Waals surface area (Å²) in [4.78, 5) is 21.3. The molecule has 0 aromatic carbocycles. The molecule has 0 spiro atoms. The van der Waals surface area contributed by atoms with Gasteiger partial charge in [-0.1, -0.05) is 34.1 Å². The molecule has 25 heavy (non-hydrogen) atoms. The summed E-state index contributed by atoms with van der Waals surface area (Å²) in [6.07, 6.45) is 8.48. The first-order chi connectivity index (χ1) is 12.3. The molecular formula is C19H29N3OS2. The lowest BCUT2D eigenvalue weighted by molar-refractivity contribution is -0.133. The van der Waals surface area contributed by atoms with Crippen LogP contribution in [0.1, 0.15) is 37.8 Å². The maximum absolute atomic E-state index is 12.4. The van der Waals surface area contributed by atoms with Crippen LogP contribution in [0, 0.1) is 0 Å². The highest BCUT2D eigenvalue weighted by Crippen LogP contribution is 2.39. The third-order valence-electron chi connectivity index (χ3n) is 5.03. The molecule has 1 amide bonds. The lowest BCUT2D eigenvalue weighted by atomic mass is 10.1. The van der Waals surface area contributed by atoms with Crippen molar-refractivity contribution in [3.63, 3.8) is 0 Å². The fourth-order valence-electron chi connectivity index (χ4n) is 3.41. The van der Waals surface area contributed by atoms with Crippen LogP contribution in [0.5, 0.6) is 0 Å². The van der Waals surface area contributed by atoms with Gasteiger partial charge in [-0.2, -0.15) is 0 Å². The molecule has 0 radical (unpaired) electrons. The van der Waals surface area contributed by atoms with E-state index in [1.165, 1.54) is 25.0 Å². The molecule has 2 aliphatic heterocycles. The number of nitrogens with zero attached hydrogens (tertiary/aromatic N) is 3. The van der Waals surface area contributed by atoms with Gasteiger partial charge in [-0.05, 0) is 31.4 Å². The summed E-state index contributed by atoms with van der Waals surface area (Å²) >= 11 is 0. The minimum absolute atomic E-state index is 0.359. The van der Waals surface area contributed by atoms with Crippen molar-refractivity contribution in [2.24, 2.45) is 0 Å². The molecule has 3 rings (SSSR count). The van der Waals surface area contributed by atoms with Crippen molar-refractivity contribution in [2.45, 2.75) is 43.8 Å². The Bertz CT molecular complexity index is 515. The minimum atomic E-state index is 0.359. The van der Waals surface area contributed by atoms with Crippen molar-refractivity contribution in [2.75, 3.05) is 38.5 Å². The fourth-order valence-corrected chi connectivity index (χ4v) is 6.44. The van der Waals surface area contributed by atoms with Crippen LogP contribution in [0.4, 0.5) is 0 Å². The van der Waals surface area contributed by atoms with Gasteiger partial charge in [0.15, 0.2) is 0 Å². The van der Waals surface area contributed by atoms with Crippen molar-refractivity contribution in [1.29, 1.82) is 0 Å². The summed E-state index contributed by atoms with van der Waals surface area (Å²) < 4.78 is 0. The summed E-state index contributed by atoms with van der Waals surface area (Å²) in [6.45, 7) is 4.80. The maximum Gasteiger partial charge on any atom is 0.222 e. The number of hydrogen-bond acceptors (Lipinski definition) is 5. The summed E-state index contributed by atoms with van der Waals surface area (Å²) in [5.41, 5.74) is 1.15. The molecular weight excluding hydrogens is 350 g/mol. The molecule has 1 aromatic heterocycles. The van der Waals surface area contributed by atoms with Gasteiger partial charge < -0.3 is 4.90 Å². The third-order valence-corrected chi connectivity index (χ3v) is 8.04. The standard InChI is InChI=1S/C19H29N3OS2/c23-19(7-2-1-6-18-9-16-24-25-18)22-14-12-21(13-15-22)11-8-17-5-3-4-10-20-17/h3-5,10,18H,1-2,6-9,11-16H2/t18-/m1/s1. The van der Waals surface area contributed by atoms with Gasteiger partial charge in [-0.25, -0.2) is 0 Å². The van der Waals surface area contributed by atoms with Crippen molar-refractivity contribution in [1.82, 2.24) is 14.8 Å². The van der Waals surface area contributed by atoms with Crippen LogP contribution in [-0.2, 0) is 11.2 Å². The largest absolute Gasteiger partial charge is 0.340 e. The van der Waals surface area contributed by atoms with Gasteiger partial charge in [-0.15, -0.1) is 0 Å². The van der Waals surface area contributed by atoms with Gasteiger partial charge in [0.1, 0.15) is 0 Å². The van der Waals surface area contributed by atoms with Crippen molar-refractivity contribution in [3.8, 4) is 0 Å². The fraction of sp³-hybridized carbons (Fsp3) is 0.684. The second kappa shape index (κ2) is 10.4. The Hall–Kier alpha value is -0.720. The molecule has 3 heterocycles. The number of amides is 1. The molecule has 0 unspecified atom stereocenters. The van der Waals surface area contributed by atoms with Gasteiger partial charge >= 0.3 is 0 Å². The van der Waals surface area contributed by atoms with Gasteiger partial charge in [0.25, 0.3) is 0 Å². The first-order valence-corrected chi connectivity index (χ1v) is 11.9. The second-order valence-corrected chi connectivity index (χ2v) is 9.66. The summed E-state index contributed by atoms with van der Waals surface area (Å²) in [5.74, 6) is 1.66. The Labute approximate surface area is 159 Å². The van der Waals surface area contributed by atoms with Crippen molar-refractivity contribution in [3.05, 3.63) is 30.1 Å². The van der Waals surface area contributed by atoms with E-state index < -0.39 is 0 Å². The zero-order valence-corrected chi connectivity index (χ0v) is 16.6. The molecule has 6 heteroatoms. The Morgan fingerprint density at radius 3 is 2.80 bits per heavy atom. The Balaban J connectivity index is 1.27. The van der Waals surface area contributed by atoms with Crippen LogP contribution in [-0.4, -0.2) is 64.4 Å². The zero-order valence-electron chi connectivity index (χ0n) is 14.9. The maximum atomic E-state index is 12.4. The number of carbonyl (C=O) groups excluding carboxylic acids is 1. The number of carbonyl (C=O) groups is 1. The average molecular weight is 380 g/mol. The number of pyridine rings is 1. The number of hydrogen-bond donors (Lipinski definition) is 0. The normalized spacial score (nSPS) is 21.6. The van der Waals surface area contributed by atoms with Gasteiger partial charge in [-0.3, -0.25) is 14.7 Å². The van der Waals surface area contributed by atoms with Crippen molar-refractivity contribution < 1.29 is 4.79 Å². The summed E-state index contributed by atoms with van der Waals surface area (Å²) in [5, 5.41) is 0.836. The SMILES string of the molecule is O=C(CCCC[C@@H]1CCSS1)N1CCN(CCc2ccccn2)CC1. The monoisotopic (exact) mass is 379 g/mol. The molecule has 0 aliphatic carbocycles. The van der Waals surface area contributed by atoms with Crippen molar-refractivity contribution >= 4 is 27.5 Å². The summed E-state index contributed by atoms with van der Waals surface area (Å²) in [7, 11) is 4.05. The quantitative estimate of drug-likeness (QED) is 0.510. The van der Waals surface area contributed by atoms with E-state index in [2.05, 4.69) is 20.9 Å². The smallest absolute Gasteiger partial charge is 0.222 e. The lowest BCUT2D eigenvalue weighted by Crippen LogP contribution is -2.49. The van der Waals surface area contributed by atoms with E-state index in [0.29, 0.717) is 5.91 Å². The predicted molar refractivity (Wildman–Crippen MR) is 108 cm³/mol. The van der Waals surface area contributed by atoms with E-state index in [1.807, 2.05) is 39.9 Å². The molecule has 4 nitrogen and oxygen atoms in total. The third kappa shape index (κ3) is 6.50. The van der Waals surface area contributed by atoms with Crippen LogP contribution >= 0.6 is 21.6 Å². The minimum Gasteiger partial charge on any atom is -0.340 e. The first-order valence-electron chi connectivity index (χ1n) is 9.49. The van der Waals surface area contributed by atoms with Crippen LogP contribution in [0.25, 0.3) is 0 Å². The Kier molecular flexibility index (Phi) is 7.95. The summed E-state index contributed by atoms with van der Waals surface area (Å²) in [6, 6.07) is 6.09. The zero-order chi connectivity index (χ0) is 17.3. The number of unbranched alkanes of at least 4 members (excludes halogenated alkanes) is 1. The molecule has 0 saturated carbocycles. The van der Waals surface area contributed by atoms with Gasteiger partial charge in [0.2, 0.25) is 5.91 Å². The molecule has 2 saturated heterocycles. The number of aromatic nitrogens is 1. The molecule has 138 valence electrons. The first kappa shape index (κ1) is 19.1. The highest BCUT2D eigenvalue weighted by atomic mass is 33.1. The molecule has 2 aliphatic rings. The van der Waals surface area contributed by atoms with Gasteiger partial charge in [0, 0.05) is 68.5 Å². The molecule has 1 aromatic rings. The highest BCUT2D eigenvalue weighted by Gasteiger charge is 2.21. The van der Waals surface area contributed by atoms with Crippen LogP contribution in [0.3, 0.4) is 0 Å². The van der Waals surface area contributed by atoms with E-state index in [9.17, 15) is 4.79 Å². The van der Waals surface area contributed by atoms with Crippen LogP contribution in [0.15, 0.2) is 24.4 Å². The van der Waals surface area contributed by atoms with E-state index >= 15 is 0 Å². The number of piperazine rings is 1. The van der Waals surface area contributed by atoms with Crippen LogP contribution < -0.4 is 0 Å². The molecule has 2 fully saturated rings. The second-order valence-electron chi connectivity index (χ2n) is 6.87. The number of rotatable bonds is 8. The highest BCUT2D eigenvalue weighted by molar-refractivity contribution is 8.77. The topological polar surface area (TPSA) is 36.4 Å². The van der Waals surface area contributed by atoms with E-state index in [1.54, 1.807) is 0 Å². The molecule has 0 N–H and O–H groups in total. The Morgan fingerprint density at radius 1 is 1.20 bits per heavy atom. The van der Waals surface area contributed by atoms with E-state index in [4.69, 9.17) is 0 Å². The lowest BCUT2D eigenvalue weighted by Gasteiger charge is -2.34. The predicted octanol–water partition coefficient (Wildman–Crippen LogP) is 3.48. The van der Waals surface area contributed by atoms with Crippen LogP contribution in [0.2, 0.25) is 0 Å². The van der Waals surface area contributed by atoms with E-state index in [-0.39, 0.29) is 0 Å². The molecule has 1 atom stereocenters. The van der Waals surface area contributed by atoms with E-state index in [0.717, 1.165) is 62.9 Å².